The smallest absolute Gasteiger partial charge is 0.255 e. The van der Waals surface area contributed by atoms with Crippen LogP contribution in [0.15, 0.2) is 46.9 Å². The van der Waals surface area contributed by atoms with Gasteiger partial charge in [0.25, 0.3) is 5.91 Å². The van der Waals surface area contributed by atoms with Crippen molar-refractivity contribution in [2.24, 2.45) is 0 Å². The molecule has 0 fully saturated rings. The summed E-state index contributed by atoms with van der Waals surface area (Å²) in [5, 5.41) is 0. The Morgan fingerprint density at radius 1 is 1.14 bits per heavy atom. The van der Waals surface area contributed by atoms with Gasteiger partial charge in [-0.2, -0.15) is 0 Å². The molecular formula is C17H15BrINO. The van der Waals surface area contributed by atoms with E-state index in [9.17, 15) is 4.79 Å². The van der Waals surface area contributed by atoms with Crippen molar-refractivity contribution in [3.05, 3.63) is 67.2 Å². The zero-order valence-corrected chi connectivity index (χ0v) is 15.2. The molecule has 108 valence electrons. The van der Waals surface area contributed by atoms with Gasteiger partial charge in [-0.3, -0.25) is 4.79 Å². The number of benzene rings is 2. The average Bonchev–Trinajstić information content (AvgIpc) is 2.71. The van der Waals surface area contributed by atoms with Gasteiger partial charge in [-0.05, 0) is 64.8 Å². The standard InChI is InChI=1S/C17H15BrINO/c18-14-7-8-16(19)15(10-14)17(21)20-9-3-6-12-4-1-2-5-13(12)11-20/h1-2,4-5,7-8,10H,3,6,9,11H2. The molecule has 0 bridgehead atoms. The van der Waals surface area contributed by atoms with E-state index in [0.29, 0.717) is 6.54 Å². The van der Waals surface area contributed by atoms with E-state index in [2.05, 4.69) is 62.8 Å². The normalized spacial score (nSPS) is 14.5. The second-order valence-corrected chi connectivity index (χ2v) is 7.30. The van der Waals surface area contributed by atoms with Crippen LogP contribution in [0.2, 0.25) is 0 Å². The van der Waals surface area contributed by atoms with Crippen LogP contribution in [0.4, 0.5) is 0 Å². The molecule has 0 aromatic heterocycles. The van der Waals surface area contributed by atoms with E-state index in [1.54, 1.807) is 0 Å². The lowest BCUT2D eigenvalue weighted by Gasteiger charge is -2.21. The molecule has 0 N–H and O–H groups in total. The van der Waals surface area contributed by atoms with Crippen molar-refractivity contribution < 1.29 is 4.79 Å². The Kier molecular flexibility index (Phi) is 4.64. The fourth-order valence-electron chi connectivity index (χ4n) is 2.71. The van der Waals surface area contributed by atoms with Crippen LogP contribution in [0.5, 0.6) is 0 Å². The van der Waals surface area contributed by atoms with Crippen molar-refractivity contribution in [1.29, 1.82) is 0 Å². The van der Waals surface area contributed by atoms with Crippen LogP contribution in [-0.4, -0.2) is 17.4 Å². The second kappa shape index (κ2) is 6.48. The molecule has 0 unspecified atom stereocenters. The Balaban J connectivity index is 1.90. The Bertz CT molecular complexity index is 686. The largest absolute Gasteiger partial charge is 0.334 e. The molecule has 1 aliphatic rings. The van der Waals surface area contributed by atoms with Crippen LogP contribution in [0.1, 0.15) is 27.9 Å². The highest BCUT2D eigenvalue weighted by Gasteiger charge is 2.21. The van der Waals surface area contributed by atoms with Gasteiger partial charge in [0.1, 0.15) is 0 Å². The molecule has 2 aromatic rings. The maximum atomic E-state index is 12.8. The summed E-state index contributed by atoms with van der Waals surface area (Å²) >= 11 is 5.69. The Labute approximate surface area is 146 Å². The highest BCUT2D eigenvalue weighted by molar-refractivity contribution is 14.1. The highest BCUT2D eigenvalue weighted by atomic mass is 127. The van der Waals surface area contributed by atoms with Crippen LogP contribution in [0, 0.1) is 3.57 Å². The van der Waals surface area contributed by atoms with E-state index in [1.165, 1.54) is 11.1 Å². The highest BCUT2D eigenvalue weighted by Crippen LogP contribution is 2.23. The molecule has 2 nitrogen and oxygen atoms in total. The van der Waals surface area contributed by atoms with Crippen LogP contribution in [0.3, 0.4) is 0 Å². The number of hydrogen-bond acceptors (Lipinski definition) is 1. The van der Waals surface area contributed by atoms with E-state index < -0.39 is 0 Å². The van der Waals surface area contributed by atoms with Gasteiger partial charge in [-0.15, -0.1) is 0 Å². The van der Waals surface area contributed by atoms with Gasteiger partial charge in [0.05, 0.1) is 5.56 Å². The van der Waals surface area contributed by atoms with Crippen molar-refractivity contribution >= 4 is 44.4 Å². The van der Waals surface area contributed by atoms with E-state index >= 15 is 0 Å². The second-order valence-electron chi connectivity index (χ2n) is 5.22. The molecule has 0 aliphatic carbocycles. The summed E-state index contributed by atoms with van der Waals surface area (Å²) in [7, 11) is 0. The predicted molar refractivity (Wildman–Crippen MR) is 96.4 cm³/mol. The lowest BCUT2D eigenvalue weighted by Crippen LogP contribution is -2.31. The fourth-order valence-corrected chi connectivity index (χ4v) is 3.63. The minimum Gasteiger partial charge on any atom is -0.334 e. The molecule has 0 saturated heterocycles. The molecule has 2 aromatic carbocycles. The number of aryl methyl sites for hydroxylation is 1. The number of nitrogens with zero attached hydrogens (tertiary/aromatic N) is 1. The first-order chi connectivity index (χ1) is 10.1. The summed E-state index contributed by atoms with van der Waals surface area (Å²) in [5.74, 6) is 0.123. The zero-order valence-electron chi connectivity index (χ0n) is 11.5. The van der Waals surface area contributed by atoms with Crippen LogP contribution in [0.25, 0.3) is 0 Å². The van der Waals surface area contributed by atoms with Gasteiger partial charge in [0.2, 0.25) is 0 Å². The predicted octanol–water partition coefficient (Wildman–Crippen LogP) is 4.64. The molecule has 0 spiro atoms. The first-order valence-corrected chi connectivity index (χ1v) is 8.83. The van der Waals surface area contributed by atoms with Crippen molar-refractivity contribution in [2.75, 3.05) is 6.54 Å². The van der Waals surface area contributed by atoms with E-state index in [-0.39, 0.29) is 5.91 Å². The van der Waals surface area contributed by atoms with Crippen LogP contribution < -0.4 is 0 Å². The van der Waals surface area contributed by atoms with Crippen LogP contribution in [-0.2, 0) is 13.0 Å². The number of amides is 1. The topological polar surface area (TPSA) is 20.3 Å². The summed E-state index contributed by atoms with van der Waals surface area (Å²) in [6.07, 6.45) is 2.07. The van der Waals surface area contributed by atoms with Crippen molar-refractivity contribution in [3.63, 3.8) is 0 Å². The molecule has 1 amide bonds. The Morgan fingerprint density at radius 3 is 2.71 bits per heavy atom. The summed E-state index contributed by atoms with van der Waals surface area (Å²) in [4.78, 5) is 14.8. The van der Waals surface area contributed by atoms with Crippen molar-refractivity contribution in [1.82, 2.24) is 4.90 Å². The third-order valence-electron chi connectivity index (χ3n) is 3.80. The van der Waals surface area contributed by atoms with Gasteiger partial charge in [0, 0.05) is 21.1 Å². The Morgan fingerprint density at radius 2 is 1.90 bits per heavy atom. The summed E-state index contributed by atoms with van der Waals surface area (Å²) in [5.41, 5.74) is 3.43. The number of rotatable bonds is 1. The van der Waals surface area contributed by atoms with E-state index in [4.69, 9.17) is 0 Å². The molecule has 1 aliphatic heterocycles. The van der Waals surface area contributed by atoms with Gasteiger partial charge in [-0.1, -0.05) is 40.2 Å². The minimum absolute atomic E-state index is 0.123. The maximum absolute atomic E-state index is 12.8. The molecule has 21 heavy (non-hydrogen) atoms. The van der Waals surface area contributed by atoms with Crippen LogP contribution >= 0.6 is 38.5 Å². The van der Waals surface area contributed by atoms with Gasteiger partial charge in [-0.25, -0.2) is 0 Å². The van der Waals surface area contributed by atoms with Crippen molar-refractivity contribution in [2.45, 2.75) is 19.4 Å². The SMILES string of the molecule is O=C(c1cc(Br)ccc1I)N1CCCc2ccccc2C1. The first-order valence-electron chi connectivity index (χ1n) is 6.96. The zero-order chi connectivity index (χ0) is 14.8. The summed E-state index contributed by atoms with van der Waals surface area (Å²) in [6, 6.07) is 14.3. The molecule has 3 rings (SSSR count). The number of carbonyl (C=O) groups excluding carboxylic acids is 1. The molecule has 0 radical (unpaired) electrons. The third kappa shape index (κ3) is 3.31. The van der Waals surface area contributed by atoms with Gasteiger partial charge < -0.3 is 4.90 Å². The van der Waals surface area contributed by atoms with E-state index in [0.717, 1.165) is 33.0 Å². The lowest BCUT2D eigenvalue weighted by atomic mass is 10.0. The van der Waals surface area contributed by atoms with Crippen molar-refractivity contribution in [3.8, 4) is 0 Å². The number of halogens is 2. The van der Waals surface area contributed by atoms with Gasteiger partial charge in [0.15, 0.2) is 0 Å². The third-order valence-corrected chi connectivity index (χ3v) is 5.23. The molecule has 1 heterocycles. The molecule has 4 heteroatoms. The molecule has 0 atom stereocenters. The summed E-state index contributed by atoms with van der Waals surface area (Å²) < 4.78 is 1.94. The maximum Gasteiger partial charge on any atom is 0.255 e. The monoisotopic (exact) mass is 455 g/mol. The quantitative estimate of drug-likeness (QED) is 0.573. The number of carbonyl (C=O) groups is 1. The lowest BCUT2D eigenvalue weighted by molar-refractivity contribution is 0.0745. The van der Waals surface area contributed by atoms with E-state index in [1.807, 2.05) is 23.1 Å². The van der Waals surface area contributed by atoms with Gasteiger partial charge >= 0.3 is 0 Å². The number of fused-ring (bicyclic) bond motifs is 1. The number of hydrogen-bond donors (Lipinski definition) is 0. The molecule has 0 saturated carbocycles. The first kappa shape index (κ1) is 15.0. The Hall–Kier alpha value is -0.880. The fraction of sp³-hybridized carbons (Fsp3) is 0.235. The average molecular weight is 456 g/mol. The molecular weight excluding hydrogens is 441 g/mol. The minimum atomic E-state index is 0.123. The summed E-state index contributed by atoms with van der Waals surface area (Å²) in [6.45, 7) is 1.52.